The first kappa shape index (κ1) is 20.2. The SMILES string of the molecule is Cc1cccc(N(C)S(=O)(=O)c2cccc(C(=O)N3c4ccccc4C[C@@H]3C)c2)c1. The van der Waals surface area contributed by atoms with Crippen LogP contribution in [0.25, 0.3) is 0 Å². The highest BCUT2D eigenvalue weighted by Crippen LogP contribution is 2.33. The van der Waals surface area contributed by atoms with Crippen LogP contribution in [0.2, 0.25) is 0 Å². The zero-order valence-corrected chi connectivity index (χ0v) is 18.1. The molecule has 0 fully saturated rings. The Hall–Kier alpha value is -3.12. The van der Waals surface area contributed by atoms with Crippen molar-refractivity contribution in [2.24, 2.45) is 0 Å². The second-order valence-corrected chi connectivity index (χ2v) is 9.67. The fraction of sp³-hybridized carbons (Fsp3) is 0.208. The molecule has 6 heteroatoms. The summed E-state index contributed by atoms with van der Waals surface area (Å²) in [7, 11) is -2.27. The second-order valence-electron chi connectivity index (χ2n) is 7.70. The second kappa shape index (κ2) is 7.61. The molecule has 1 aliphatic rings. The summed E-state index contributed by atoms with van der Waals surface area (Å²) in [5.74, 6) is -0.192. The lowest BCUT2D eigenvalue weighted by Crippen LogP contribution is -2.36. The molecular weight excluding hydrogens is 396 g/mol. The number of hydrogen-bond acceptors (Lipinski definition) is 3. The molecule has 30 heavy (non-hydrogen) atoms. The van der Waals surface area contributed by atoms with Crippen LogP contribution in [0, 0.1) is 6.92 Å². The number of anilines is 2. The molecule has 0 bridgehead atoms. The third-order valence-corrected chi connectivity index (χ3v) is 7.31. The molecule has 3 aromatic rings. The maximum absolute atomic E-state index is 13.3. The van der Waals surface area contributed by atoms with E-state index >= 15 is 0 Å². The van der Waals surface area contributed by atoms with Crippen molar-refractivity contribution < 1.29 is 13.2 Å². The number of carbonyl (C=O) groups excluding carboxylic acids is 1. The van der Waals surface area contributed by atoms with Gasteiger partial charge in [-0.3, -0.25) is 9.10 Å². The first-order valence-corrected chi connectivity index (χ1v) is 11.3. The van der Waals surface area contributed by atoms with E-state index in [4.69, 9.17) is 0 Å². The van der Waals surface area contributed by atoms with Crippen molar-refractivity contribution in [2.45, 2.75) is 31.2 Å². The molecular formula is C24H24N2O3S. The summed E-state index contributed by atoms with van der Waals surface area (Å²) in [6, 6.07) is 21.4. The summed E-state index contributed by atoms with van der Waals surface area (Å²) in [5, 5.41) is 0. The predicted octanol–water partition coefficient (Wildman–Crippen LogP) is 4.41. The number of amides is 1. The maximum atomic E-state index is 13.3. The van der Waals surface area contributed by atoms with E-state index in [1.165, 1.54) is 23.5 Å². The van der Waals surface area contributed by atoms with Gasteiger partial charge >= 0.3 is 0 Å². The van der Waals surface area contributed by atoms with Crippen LogP contribution in [0.5, 0.6) is 0 Å². The van der Waals surface area contributed by atoms with E-state index in [2.05, 4.69) is 0 Å². The quantitative estimate of drug-likeness (QED) is 0.628. The van der Waals surface area contributed by atoms with Gasteiger partial charge in [0.05, 0.1) is 10.6 Å². The minimum absolute atomic E-state index is 0.0186. The molecule has 0 saturated carbocycles. The molecule has 0 aliphatic carbocycles. The summed E-state index contributed by atoms with van der Waals surface area (Å²) in [6.45, 7) is 3.92. The number of hydrogen-bond donors (Lipinski definition) is 0. The first-order chi connectivity index (χ1) is 14.3. The lowest BCUT2D eigenvalue weighted by Gasteiger charge is -2.24. The topological polar surface area (TPSA) is 57.7 Å². The summed E-state index contributed by atoms with van der Waals surface area (Å²) in [6.07, 6.45) is 0.788. The van der Waals surface area contributed by atoms with Crippen LogP contribution >= 0.6 is 0 Å². The summed E-state index contributed by atoms with van der Waals surface area (Å²) in [4.78, 5) is 15.2. The Bertz CT molecular complexity index is 1220. The smallest absolute Gasteiger partial charge is 0.264 e. The molecule has 1 aliphatic heterocycles. The lowest BCUT2D eigenvalue weighted by atomic mass is 10.1. The number of rotatable bonds is 4. The van der Waals surface area contributed by atoms with E-state index in [0.717, 1.165) is 23.2 Å². The molecule has 0 radical (unpaired) electrons. The number of carbonyl (C=O) groups is 1. The number of aryl methyl sites for hydroxylation is 1. The molecule has 0 spiro atoms. The maximum Gasteiger partial charge on any atom is 0.264 e. The fourth-order valence-electron chi connectivity index (χ4n) is 3.92. The largest absolute Gasteiger partial charge is 0.305 e. The van der Waals surface area contributed by atoms with Crippen LogP contribution in [-0.2, 0) is 16.4 Å². The van der Waals surface area contributed by atoms with Gasteiger partial charge in [-0.15, -0.1) is 0 Å². The Kier molecular flexibility index (Phi) is 5.12. The van der Waals surface area contributed by atoms with Gasteiger partial charge < -0.3 is 4.90 Å². The highest BCUT2D eigenvalue weighted by atomic mass is 32.2. The fourth-order valence-corrected chi connectivity index (χ4v) is 5.16. The molecule has 0 N–H and O–H groups in total. The molecule has 5 nitrogen and oxygen atoms in total. The molecule has 0 aromatic heterocycles. The van der Waals surface area contributed by atoms with Crippen molar-refractivity contribution in [2.75, 3.05) is 16.3 Å². The lowest BCUT2D eigenvalue weighted by molar-refractivity contribution is 0.0981. The average molecular weight is 421 g/mol. The standard InChI is InChI=1S/C24H24N2O3S/c1-17-8-6-11-21(14-17)25(3)30(28,29)22-12-7-10-20(16-22)24(27)26-18(2)15-19-9-4-5-13-23(19)26/h4-14,16,18H,15H2,1-3H3/t18-/m0/s1. The molecule has 1 heterocycles. The highest BCUT2D eigenvalue weighted by Gasteiger charge is 2.32. The van der Waals surface area contributed by atoms with E-state index < -0.39 is 10.0 Å². The van der Waals surface area contributed by atoms with Crippen LogP contribution in [-0.4, -0.2) is 27.4 Å². The Balaban J connectivity index is 1.68. The summed E-state index contributed by atoms with van der Waals surface area (Å²) < 4.78 is 27.7. The van der Waals surface area contributed by atoms with Crippen LogP contribution in [0.3, 0.4) is 0 Å². The predicted molar refractivity (Wildman–Crippen MR) is 120 cm³/mol. The molecule has 1 amide bonds. The minimum atomic E-state index is -3.80. The van der Waals surface area contributed by atoms with E-state index in [-0.39, 0.29) is 16.8 Å². The number of para-hydroxylation sites is 1. The van der Waals surface area contributed by atoms with Crippen molar-refractivity contribution in [3.63, 3.8) is 0 Å². The van der Waals surface area contributed by atoms with Crippen molar-refractivity contribution in [1.82, 2.24) is 0 Å². The normalized spacial score (nSPS) is 15.7. The van der Waals surface area contributed by atoms with Crippen molar-refractivity contribution in [1.29, 1.82) is 0 Å². The van der Waals surface area contributed by atoms with Gasteiger partial charge in [0.1, 0.15) is 0 Å². The number of fused-ring (bicyclic) bond motifs is 1. The van der Waals surface area contributed by atoms with Gasteiger partial charge in [0.15, 0.2) is 0 Å². The van der Waals surface area contributed by atoms with E-state index in [9.17, 15) is 13.2 Å². The van der Waals surface area contributed by atoms with Gasteiger partial charge in [-0.2, -0.15) is 0 Å². The monoisotopic (exact) mass is 420 g/mol. The zero-order chi connectivity index (χ0) is 21.5. The Morgan fingerprint density at radius 3 is 2.50 bits per heavy atom. The van der Waals surface area contributed by atoms with Crippen molar-refractivity contribution in [3.05, 3.63) is 89.5 Å². The Morgan fingerprint density at radius 1 is 1.00 bits per heavy atom. The van der Waals surface area contributed by atoms with Gasteiger partial charge in [0, 0.05) is 24.3 Å². The number of benzene rings is 3. The third kappa shape index (κ3) is 3.48. The van der Waals surface area contributed by atoms with Crippen LogP contribution in [0.1, 0.15) is 28.4 Å². The van der Waals surface area contributed by atoms with E-state index in [1.54, 1.807) is 23.1 Å². The van der Waals surface area contributed by atoms with E-state index in [0.29, 0.717) is 11.3 Å². The summed E-state index contributed by atoms with van der Waals surface area (Å²) >= 11 is 0. The Morgan fingerprint density at radius 2 is 1.73 bits per heavy atom. The highest BCUT2D eigenvalue weighted by molar-refractivity contribution is 7.92. The van der Waals surface area contributed by atoms with E-state index in [1.807, 2.05) is 56.3 Å². The molecule has 1 atom stereocenters. The third-order valence-electron chi connectivity index (χ3n) is 5.53. The van der Waals surface area contributed by atoms with Crippen molar-refractivity contribution in [3.8, 4) is 0 Å². The zero-order valence-electron chi connectivity index (χ0n) is 17.2. The Labute approximate surface area is 177 Å². The van der Waals surface area contributed by atoms with Crippen LogP contribution in [0.4, 0.5) is 11.4 Å². The number of sulfonamides is 1. The minimum Gasteiger partial charge on any atom is -0.305 e. The van der Waals surface area contributed by atoms with Gasteiger partial charge in [0.25, 0.3) is 15.9 Å². The first-order valence-electron chi connectivity index (χ1n) is 9.86. The average Bonchev–Trinajstić information content (AvgIpc) is 3.08. The molecule has 0 unspecified atom stereocenters. The molecule has 4 rings (SSSR count). The summed E-state index contributed by atoms with van der Waals surface area (Å²) in [5.41, 5.74) is 3.92. The number of nitrogens with zero attached hydrogens (tertiary/aromatic N) is 2. The van der Waals surface area contributed by atoms with Gasteiger partial charge in [-0.25, -0.2) is 8.42 Å². The van der Waals surface area contributed by atoms with Gasteiger partial charge in [0.2, 0.25) is 0 Å². The van der Waals surface area contributed by atoms with Crippen LogP contribution < -0.4 is 9.21 Å². The molecule has 3 aromatic carbocycles. The molecule has 154 valence electrons. The van der Waals surface area contributed by atoms with Gasteiger partial charge in [-0.1, -0.05) is 36.4 Å². The molecule has 0 saturated heterocycles. The van der Waals surface area contributed by atoms with Gasteiger partial charge in [-0.05, 0) is 67.8 Å². The van der Waals surface area contributed by atoms with Crippen molar-refractivity contribution >= 4 is 27.3 Å². The van der Waals surface area contributed by atoms with Crippen LogP contribution in [0.15, 0.2) is 77.7 Å².